The van der Waals surface area contributed by atoms with Gasteiger partial charge in [-0.2, -0.15) is 0 Å². The number of amides is 2. The third-order valence-corrected chi connectivity index (χ3v) is 6.34. The van der Waals surface area contributed by atoms with Crippen molar-refractivity contribution in [2.24, 2.45) is 28.7 Å². The van der Waals surface area contributed by atoms with Crippen LogP contribution in [-0.2, 0) is 16.1 Å². The Balaban J connectivity index is 0.00000240. The molecule has 1 aromatic rings. The van der Waals surface area contributed by atoms with E-state index in [9.17, 15) is 9.59 Å². The van der Waals surface area contributed by atoms with Gasteiger partial charge < -0.3 is 10.6 Å². The highest BCUT2D eigenvalue weighted by molar-refractivity contribution is 14.0. The molecule has 156 valence electrons. The zero-order chi connectivity index (χ0) is 19.7. The lowest BCUT2D eigenvalue weighted by atomic mass is 9.85. The Hall–Kier alpha value is -1.42. The zero-order valence-corrected chi connectivity index (χ0v) is 20.2. The summed E-state index contributed by atoms with van der Waals surface area (Å²) in [6, 6.07) is 8.03. The minimum atomic E-state index is -0.124. The highest BCUT2D eigenvalue weighted by atomic mass is 127. The van der Waals surface area contributed by atoms with Crippen LogP contribution < -0.4 is 10.6 Å². The third-order valence-electron chi connectivity index (χ3n) is 5.84. The molecule has 0 spiro atoms. The number of nitrogens with one attached hydrogen (secondary N) is 2. The maximum Gasteiger partial charge on any atom is 0.233 e. The number of guanidine groups is 1. The molecule has 2 amide bonds. The number of rotatable bonds is 6. The van der Waals surface area contributed by atoms with E-state index in [1.165, 1.54) is 4.90 Å². The fraction of sp³-hybridized carbons (Fsp3) is 0.476. The molecular formula is C21H26BrIN4O2. The van der Waals surface area contributed by atoms with E-state index in [1.54, 1.807) is 0 Å². The van der Waals surface area contributed by atoms with Gasteiger partial charge in [-0.25, -0.2) is 4.99 Å². The van der Waals surface area contributed by atoms with Crippen LogP contribution in [0.15, 0.2) is 45.9 Å². The van der Waals surface area contributed by atoms with E-state index in [-0.39, 0.29) is 59.5 Å². The summed E-state index contributed by atoms with van der Waals surface area (Å²) in [6.07, 6.45) is 5.21. The second-order valence-corrected chi connectivity index (χ2v) is 8.50. The first-order chi connectivity index (χ1) is 13.6. The molecule has 2 fully saturated rings. The van der Waals surface area contributed by atoms with Gasteiger partial charge in [0.05, 0.1) is 18.4 Å². The Morgan fingerprint density at radius 1 is 1.17 bits per heavy atom. The van der Waals surface area contributed by atoms with Gasteiger partial charge in [0, 0.05) is 24.1 Å². The molecule has 1 heterocycles. The number of aliphatic imine (C=N–C) groups is 1. The molecule has 4 atom stereocenters. The SMILES string of the molecule is CCNC(=NCc1cccc(Br)c1)NCCN1C(=O)C2C3C=CC(C3)C2C1=O.I. The minimum absolute atomic E-state index is 0. The van der Waals surface area contributed by atoms with E-state index < -0.39 is 0 Å². The first-order valence-electron chi connectivity index (χ1n) is 9.88. The average Bonchev–Trinajstić information content (AvgIpc) is 3.35. The van der Waals surface area contributed by atoms with Gasteiger partial charge in [-0.05, 0) is 42.9 Å². The van der Waals surface area contributed by atoms with E-state index in [2.05, 4.69) is 43.7 Å². The number of allylic oxidation sites excluding steroid dienone is 2. The Kier molecular flexibility index (Phi) is 7.37. The van der Waals surface area contributed by atoms with Gasteiger partial charge in [-0.3, -0.25) is 14.5 Å². The largest absolute Gasteiger partial charge is 0.357 e. The van der Waals surface area contributed by atoms with Gasteiger partial charge in [0.25, 0.3) is 0 Å². The highest BCUT2D eigenvalue weighted by Gasteiger charge is 2.58. The lowest BCUT2D eigenvalue weighted by Gasteiger charge is -2.18. The molecule has 8 heteroatoms. The lowest BCUT2D eigenvalue weighted by molar-refractivity contribution is -0.140. The number of imide groups is 1. The quantitative estimate of drug-likeness (QED) is 0.181. The first kappa shape index (κ1) is 22.3. The van der Waals surface area contributed by atoms with E-state index in [4.69, 9.17) is 0 Å². The van der Waals surface area contributed by atoms with Crippen LogP contribution in [-0.4, -0.2) is 42.3 Å². The molecule has 6 nitrogen and oxygen atoms in total. The highest BCUT2D eigenvalue weighted by Crippen LogP contribution is 2.52. The number of nitrogens with zero attached hydrogens (tertiary/aromatic N) is 2. The third kappa shape index (κ3) is 4.52. The van der Waals surface area contributed by atoms with E-state index in [0.717, 1.165) is 23.0 Å². The van der Waals surface area contributed by atoms with Crippen molar-refractivity contribution >= 4 is 57.7 Å². The van der Waals surface area contributed by atoms with Crippen molar-refractivity contribution in [3.05, 3.63) is 46.5 Å². The van der Waals surface area contributed by atoms with Crippen LogP contribution in [0.3, 0.4) is 0 Å². The molecule has 1 aromatic carbocycles. The predicted octanol–water partition coefficient (Wildman–Crippen LogP) is 2.93. The van der Waals surface area contributed by atoms with Crippen LogP contribution in [0.2, 0.25) is 0 Å². The van der Waals surface area contributed by atoms with Crippen molar-refractivity contribution in [1.82, 2.24) is 15.5 Å². The van der Waals surface area contributed by atoms with Crippen molar-refractivity contribution in [1.29, 1.82) is 0 Å². The summed E-state index contributed by atoms with van der Waals surface area (Å²) in [5.41, 5.74) is 1.10. The summed E-state index contributed by atoms with van der Waals surface area (Å²) < 4.78 is 1.03. The Morgan fingerprint density at radius 2 is 1.86 bits per heavy atom. The number of likely N-dealkylation sites (tertiary alicyclic amines) is 1. The van der Waals surface area contributed by atoms with Gasteiger partial charge in [-0.1, -0.05) is 40.2 Å². The molecule has 4 rings (SSSR count). The normalized spacial score (nSPS) is 27.2. The maximum atomic E-state index is 12.7. The first-order valence-corrected chi connectivity index (χ1v) is 10.7. The number of benzene rings is 1. The van der Waals surface area contributed by atoms with Crippen LogP contribution in [0.5, 0.6) is 0 Å². The van der Waals surface area contributed by atoms with E-state index in [0.29, 0.717) is 25.6 Å². The number of hydrogen-bond acceptors (Lipinski definition) is 3. The van der Waals surface area contributed by atoms with Gasteiger partial charge in [0.2, 0.25) is 11.8 Å². The molecule has 2 aliphatic carbocycles. The van der Waals surface area contributed by atoms with Crippen molar-refractivity contribution in [2.45, 2.75) is 19.9 Å². The number of fused-ring (bicyclic) bond motifs is 5. The summed E-state index contributed by atoms with van der Waals surface area (Å²) in [7, 11) is 0. The zero-order valence-electron chi connectivity index (χ0n) is 16.3. The molecule has 0 aromatic heterocycles. The molecule has 2 N–H and O–H groups in total. The molecular weight excluding hydrogens is 547 g/mol. The smallest absolute Gasteiger partial charge is 0.233 e. The number of carbonyl (C=O) groups is 2. The van der Waals surface area contributed by atoms with Crippen LogP contribution >= 0.6 is 39.9 Å². The summed E-state index contributed by atoms with van der Waals surface area (Å²) in [6.45, 7) is 4.17. The van der Waals surface area contributed by atoms with Gasteiger partial charge in [0.15, 0.2) is 5.96 Å². The number of hydrogen-bond donors (Lipinski definition) is 2. The molecule has 1 saturated heterocycles. The number of halogens is 2. The minimum Gasteiger partial charge on any atom is -0.357 e. The summed E-state index contributed by atoms with van der Waals surface area (Å²) in [5, 5.41) is 6.45. The van der Waals surface area contributed by atoms with Gasteiger partial charge in [0.1, 0.15) is 0 Å². The van der Waals surface area contributed by atoms with Crippen LogP contribution in [0, 0.1) is 23.7 Å². The summed E-state index contributed by atoms with van der Waals surface area (Å²) in [5.74, 6) is 0.960. The lowest BCUT2D eigenvalue weighted by Crippen LogP contribution is -2.43. The van der Waals surface area contributed by atoms with Crippen molar-refractivity contribution < 1.29 is 9.59 Å². The standard InChI is InChI=1S/C21H25BrN4O2.HI/c1-2-23-21(25-12-13-4-3-5-16(22)10-13)24-8-9-26-19(27)17-14-6-7-15(11-14)18(17)20(26)28;/h3-7,10,14-15,17-18H,2,8-9,11-12H2,1H3,(H2,23,24,25);1H. The van der Waals surface area contributed by atoms with Crippen molar-refractivity contribution in [3.63, 3.8) is 0 Å². The molecule has 3 aliphatic rings. The van der Waals surface area contributed by atoms with Crippen LogP contribution in [0.4, 0.5) is 0 Å². The Bertz CT molecular complexity index is 814. The predicted molar refractivity (Wildman–Crippen MR) is 127 cm³/mol. The second-order valence-electron chi connectivity index (χ2n) is 7.58. The summed E-state index contributed by atoms with van der Waals surface area (Å²) in [4.78, 5) is 31.5. The van der Waals surface area contributed by atoms with E-state index >= 15 is 0 Å². The number of carbonyl (C=O) groups excluding carboxylic acids is 2. The average molecular weight is 573 g/mol. The van der Waals surface area contributed by atoms with Gasteiger partial charge >= 0.3 is 0 Å². The van der Waals surface area contributed by atoms with E-state index in [1.807, 2.05) is 31.2 Å². The molecule has 0 radical (unpaired) electrons. The fourth-order valence-electron chi connectivity index (χ4n) is 4.62. The topological polar surface area (TPSA) is 73.8 Å². The van der Waals surface area contributed by atoms with Crippen molar-refractivity contribution in [2.75, 3.05) is 19.6 Å². The summed E-state index contributed by atoms with van der Waals surface area (Å²) >= 11 is 3.47. The molecule has 1 aliphatic heterocycles. The molecule has 29 heavy (non-hydrogen) atoms. The molecule has 2 bridgehead atoms. The second kappa shape index (κ2) is 9.59. The monoisotopic (exact) mass is 572 g/mol. The Labute approximate surface area is 196 Å². The fourth-order valence-corrected chi connectivity index (χ4v) is 5.06. The Morgan fingerprint density at radius 3 is 2.48 bits per heavy atom. The van der Waals surface area contributed by atoms with Crippen LogP contribution in [0.25, 0.3) is 0 Å². The molecule has 4 unspecified atom stereocenters. The maximum absolute atomic E-state index is 12.7. The van der Waals surface area contributed by atoms with Crippen molar-refractivity contribution in [3.8, 4) is 0 Å². The van der Waals surface area contributed by atoms with Gasteiger partial charge in [-0.15, -0.1) is 24.0 Å². The van der Waals surface area contributed by atoms with Crippen LogP contribution in [0.1, 0.15) is 18.9 Å². The molecule has 1 saturated carbocycles.